The molecule has 2 aromatic rings. The van der Waals surface area contributed by atoms with E-state index in [-0.39, 0.29) is 0 Å². The first-order valence-corrected chi connectivity index (χ1v) is 9.82. The molecule has 1 aliphatic heterocycles. The summed E-state index contributed by atoms with van der Waals surface area (Å²) in [5.41, 5.74) is 9.34. The standard InChI is InChI=1S/C26H24N2/c1-4-10-19(11-5-2)22-16-24(28-14-8-9-15-28)23(17-27)25-18(3)20-12-6-7-13-21(20)26(22)25/h4-7,10-13,16H,1,3,8-9,14-15H2,2H3/b11-5-,19-10+. The molecule has 0 N–H and O–H groups in total. The van der Waals surface area contributed by atoms with Crippen molar-refractivity contribution in [2.24, 2.45) is 0 Å². The van der Waals surface area contributed by atoms with Crippen LogP contribution in [0.2, 0.25) is 0 Å². The van der Waals surface area contributed by atoms with Crippen LogP contribution in [0.4, 0.5) is 5.69 Å². The molecule has 28 heavy (non-hydrogen) atoms. The fraction of sp³-hybridized carbons (Fsp3) is 0.192. The molecule has 2 aliphatic rings. The highest BCUT2D eigenvalue weighted by Crippen LogP contribution is 2.51. The van der Waals surface area contributed by atoms with Gasteiger partial charge in [0.1, 0.15) is 6.07 Å². The molecule has 2 heteroatoms. The van der Waals surface area contributed by atoms with E-state index in [1.54, 1.807) is 0 Å². The first-order valence-electron chi connectivity index (χ1n) is 9.82. The van der Waals surface area contributed by atoms with Gasteiger partial charge in [0.25, 0.3) is 0 Å². The zero-order chi connectivity index (χ0) is 19.7. The molecule has 0 unspecified atom stereocenters. The summed E-state index contributed by atoms with van der Waals surface area (Å²) < 4.78 is 0. The Morgan fingerprint density at radius 1 is 1.14 bits per heavy atom. The van der Waals surface area contributed by atoms with Crippen LogP contribution in [0.25, 0.3) is 22.3 Å². The highest BCUT2D eigenvalue weighted by molar-refractivity contribution is 6.08. The van der Waals surface area contributed by atoms with Gasteiger partial charge in [0.05, 0.1) is 11.3 Å². The quantitative estimate of drug-likeness (QED) is 0.505. The van der Waals surface area contributed by atoms with Gasteiger partial charge < -0.3 is 4.90 Å². The Bertz CT molecular complexity index is 1070. The zero-order valence-corrected chi connectivity index (χ0v) is 16.3. The smallest absolute Gasteiger partial charge is 0.102 e. The van der Waals surface area contributed by atoms with Crippen LogP contribution in [0.15, 0.2) is 67.8 Å². The average Bonchev–Trinajstić information content (AvgIpc) is 3.35. The van der Waals surface area contributed by atoms with E-state index in [2.05, 4.69) is 54.5 Å². The van der Waals surface area contributed by atoms with Crippen LogP contribution < -0.4 is 4.90 Å². The Morgan fingerprint density at radius 2 is 1.86 bits per heavy atom. The van der Waals surface area contributed by atoms with Gasteiger partial charge in [-0.3, -0.25) is 0 Å². The molecule has 2 aromatic carbocycles. The fourth-order valence-electron chi connectivity index (χ4n) is 4.44. The van der Waals surface area contributed by atoms with Crippen molar-refractivity contribution in [1.82, 2.24) is 0 Å². The third-order valence-corrected chi connectivity index (χ3v) is 5.64. The molecule has 0 amide bonds. The predicted molar refractivity (Wildman–Crippen MR) is 119 cm³/mol. The number of fused-ring (bicyclic) bond motifs is 3. The lowest BCUT2D eigenvalue weighted by Crippen LogP contribution is -2.19. The second-order valence-corrected chi connectivity index (χ2v) is 7.26. The van der Waals surface area contributed by atoms with E-state index in [4.69, 9.17) is 0 Å². The molecule has 0 bridgehead atoms. The lowest BCUT2D eigenvalue weighted by Gasteiger charge is -2.23. The summed E-state index contributed by atoms with van der Waals surface area (Å²) in [7, 11) is 0. The van der Waals surface area contributed by atoms with Crippen molar-refractivity contribution in [3.8, 4) is 17.2 Å². The number of hydrogen-bond donors (Lipinski definition) is 0. The van der Waals surface area contributed by atoms with E-state index in [9.17, 15) is 5.26 Å². The average molecular weight is 364 g/mol. The molecular formula is C26H24N2. The van der Waals surface area contributed by atoms with Crippen LogP contribution >= 0.6 is 0 Å². The molecule has 1 heterocycles. The van der Waals surface area contributed by atoms with Crippen molar-refractivity contribution in [3.05, 3.63) is 90.0 Å². The summed E-state index contributed by atoms with van der Waals surface area (Å²) >= 11 is 0. The maximum Gasteiger partial charge on any atom is 0.102 e. The lowest BCUT2D eigenvalue weighted by atomic mass is 9.89. The summed E-state index contributed by atoms with van der Waals surface area (Å²) in [5.74, 6) is 0. The number of benzene rings is 2. The number of rotatable bonds is 4. The first kappa shape index (κ1) is 18.1. The molecule has 138 valence electrons. The van der Waals surface area contributed by atoms with Crippen LogP contribution in [0.3, 0.4) is 0 Å². The Morgan fingerprint density at radius 3 is 2.50 bits per heavy atom. The Labute approximate surface area is 167 Å². The SMILES string of the molecule is C=C/C=C(\C=C/C)c1cc(N2CCCC2)c(C#N)c2c1-c1ccccc1C2=C. The molecule has 0 spiro atoms. The minimum atomic E-state index is 0.750. The van der Waals surface area contributed by atoms with Crippen LogP contribution in [-0.2, 0) is 0 Å². The van der Waals surface area contributed by atoms with Crippen molar-refractivity contribution in [2.75, 3.05) is 18.0 Å². The third-order valence-electron chi connectivity index (χ3n) is 5.64. The second-order valence-electron chi connectivity index (χ2n) is 7.26. The van der Waals surface area contributed by atoms with Crippen molar-refractivity contribution in [1.29, 1.82) is 5.26 Å². The van der Waals surface area contributed by atoms with Crippen LogP contribution in [-0.4, -0.2) is 13.1 Å². The fourth-order valence-corrected chi connectivity index (χ4v) is 4.44. The molecule has 0 radical (unpaired) electrons. The van der Waals surface area contributed by atoms with E-state index in [1.807, 2.05) is 31.2 Å². The maximum atomic E-state index is 10.1. The van der Waals surface area contributed by atoms with Crippen molar-refractivity contribution in [3.63, 3.8) is 0 Å². The van der Waals surface area contributed by atoms with Gasteiger partial charge in [0, 0.05) is 18.7 Å². The minimum Gasteiger partial charge on any atom is -0.370 e. The van der Waals surface area contributed by atoms with Crippen molar-refractivity contribution < 1.29 is 0 Å². The Balaban J connectivity index is 2.10. The molecule has 0 aromatic heterocycles. The summed E-state index contributed by atoms with van der Waals surface area (Å²) in [6.45, 7) is 12.3. The van der Waals surface area contributed by atoms with Gasteiger partial charge in [-0.25, -0.2) is 0 Å². The first-order chi connectivity index (χ1) is 13.7. The van der Waals surface area contributed by atoms with Crippen LogP contribution in [0.5, 0.6) is 0 Å². The molecule has 1 fully saturated rings. The number of nitriles is 1. The normalized spacial score (nSPS) is 15.6. The molecule has 0 saturated carbocycles. The molecule has 1 saturated heterocycles. The highest BCUT2D eigenvalue weighted by atomic mass is 15.1. The maximum absolute atomic E-state index is 10.1. The number of nitrogens with zero attached hydrogens (tertiary/aromatic N) is 2. The van der Waals surface area contributed by atoms with Gasteiger partial charge in [-0.1, -0.05) is 61.7 Å². The minimum absolute atomic E-state index is 0.750. The van der Waals surface area contributed by atoms with E-state index >= 15 is 0 Å². The van der Waals surface area contributed by atoms with Gasteiger partial charge in [-0.15, -0.1) is 0 Å². The van der Waals surface area contributed by atoms with Gasteiger partial charge in [0.15, 0.2) is 0 Å². The van der Waals surface area contributed by atoms with Crippen LogP contribution in [0, 0.1) is 11.3 Å². The van der Waals surface area contributed by atoms with E-state index in [0.717, 1.165) is 63.3 Å². The topological polar surface area (TPSA) is 27.0 Å². The van der Waals surface area contributed by atoms with E-state index < -0.39 is 0 Å². The van der Waals surface area contributed by atoms with Crippen molar-refractivity contribution >= 4 is 16.8 Å². The Hall–Kier alpha value is -3.31. The summed E-state index contributed by atoms with van der Waals surface area (Å²) in [6, 6.07) is 13.0. The van der Waals surface area contributed by atoms with Gasteiger partial charge in [-0.2, -0.15) is 5.26 Å². The highest BCUT2D eigenvalue weighted by Gasteiger charge is 2.31. The van der Waals surface area contributed by atoms with E-state index in [0.29, 0.717) is 0 Å². The number of hydrogen-bond acceptors (Lipinski definition) is 2. The Kier molecular flexibility index (Phi) is 4.75. The lowest BCUT2D eigenvalue weighted by molar-refractivity contribution is 0.949. The largest absolute Gasteiger partial charge is 0.370 e. The number of allylic oxidation sites excluding steroid dienone is 5. The molecule has 2 nitrogen and oxygen atoms in total. The summed E-state index contributed by atoms with van der Waals surface area (Å²) in [5, 5.41) is 10.1. The molecule has 1 aliphatic carbocycles. The predicted octanol–water partition coefficient (Wildman–Crippen LogP) is 6.35. The summed E-state index contributed by atoms with van der Waals surface area (Å²) in [4.78, 5) is 2.35. The monoisotopic (exact) mass is 364 g/mol. The molecular weight excluding hydrogens is 340 g/mol. The molecule has 4 rings (SSSR count). The summed E-state index contributed by atoms with van der Waals surface area (Å²) in [6.07, 6.45) is 10.4. The van der Waals surface area contributed by atoms with Gasteiger partial charge >= 0.3 is 0 Å². The van der Waals surface area contributed by atoms with Gasteiger partial charge in [-0.05, 0) is 59.2 Å². The third kappa shape index (κ3) is 2.72. The van der Waals surface area contributed by atoms with E-state index in [1.165, 1.54) is 12.8 Å². The van der Waals surface area contributed by atoms with Crippen molar-refractivity contribution in [2.45, 2.75) is 19.8 Å². The second kappa shape index (κ2) is 7.37. The zero-order valence-electron chi connectivity index (χ0n) is 16.3. The number of anilines is 1. The van der Waals surface area contributed by atoms with Gasteiger partial charge in [0.2, 0.25) is 0 Å². The molecule has 0 atom stereocenters. The van der Waals surface area contributed by atoms with Crippen LogP contribution in [0.1, 0.15) is 42.0 Å².